The van der Waals surface area contributed by atoms with Crippen molar-refractivity contribution >= 4 is 0 Å². The molecule has 0 saturated carbocycles. The van der Waals surface area contributed by atoms with Crippen molar-refractivity contribution < 1.29 is 8.78 Å². The highest BCUT2D eigenvalue weighted by molar-refractivity contribution is 5.19. The van der Waals surface area contributed by atoms with Gasteiger partial charge in [0.2, 0.25) is 0 Å². The summed E-state index contributed by atoms with van der Waals surface area (Å²) in [6.07, 6.45) is 0. The first-order valence-electron chi connectivity index (χ1n) is 5.13. The van der Waals surface area contributed by atoms with E-state index in [1.54, 1.807) is 0 Å². The highest BCUT2D eigenvalue weighted by Gasteiger charge is 2.14. The molecule has 1 N–H and O–H groups in total. The molecule has 0 amide bonds. The van der Waals surface area contributed by atoms with E-state index in [2.05, 4.69) is 10.2 Å². The van der Waals surface area contributed by atoms with E-state index in [4.69, 9.17) is 0 Å². The van der Waals surface area contributed by atoms with Crippen molar-refractivity contribution in [3.05, 3.63) is 35.4 Å². The molecule has 1 fully saturated rings. The second kappa shape index (κ2) is 4.68. The number of nitrogens with zero attached hydrogens (tertiary/aromatic N) is 1. The summed E-state index contributed by atoms with van der Waals surface area (Å²) in [4.78, 5) is 2.05. The third kappa shape index (κ3) is 2.52. The van der Waals surface area contributed by atoms with E-state index in [0.29, 0.717) is 6.54 Å². The maximum Gasteiger partial charge on any atom is 0.130 e. The Labute approximate surface area is 87.9 Å². The molecule has 1 aromatic carbocycles. The number of hydrogen-bond acceptors (Lipinski definition) is 2. The predicted octanol–water partition coefficient (Wildman–Crippen LogP) is 1.37. The Hall–Kier alpha value is -1.00. The Bertz CT molecular complexity index is 315. The van der Waals surface area contributed by atoms with Crippen molar-refractivity contribution in [3.8, 4) is 0 Å². The van der Waals surface area contributed by atoms with Crippen LogP contribution in [0.15, 0.2) is 18.2 Å². The van der Waals surface area contributed by atoms with E-state index in [9.17, 15) is 8.78 Å². The van der Waals surface area contributed by atoms with Gasteiger partial charge in [0.1, 0.15) is 11.6 Å². The second-order valence-electron chi connectivity index (χ2n) is 3.73. The molecule has 0 atom stereocenters. The zero-order valence-electron chi connectivity index (χ0n) is 8.47. The van der Waals surface area contributed by atoms with Crippen molar-refractivity contribution in [2.75, 3.05) is 26.2 Å². The van der Waals surface area contributed by atoms with E-state index in [0.717, 1.165) is 26.2 Å². The van der Waals surface area contributed by atoms with E-state index < -0.39 is 11.6 Å². The molecule has 1 heterocycles. The monoisotopic (exact) mass is 212 g/mol. The molecule has 0 unspecified atom stereocenters. The van der Waals surface area contributed by atoms with Gasteiger partial charge in [-0.25, -0.2) is 8.78 Å². The molecule has 0 spiro atoms. The predicted molar refractivity (Wildman–Crippen MR) is 54.5 cm³/mol. The van der Waals surface area contributed by atoms with Crippen LogP contribution in [0, 0.1) is 11.6 Å². The van der Waals surface area contributed by atoms with Gasteiger partial charge in [0.15, 0.2) is 0 Å². The van der Waals surface area contributed by atoms with Gasteiger partial charge in [0.25, 0.3) is 0 Å². The molecule has 1 saturated heterocycles. The fourth-order valence-electron chi connectivity index (χ4n) is 1.78. The molecular weight excluding hydrogens is 198 g/mol. The average Bonchev–Trinajstić information content (AvgIpc) is 2.25. The average molecular weight is 212 g/mol. The Balaban J connectivity index is 2.09. The van der Waals surface area contributed by atoms with Crippen LogP contribution < -0.4 is 5.32 Å². The first-order valence-corrected chi connectivity index (χ1v) is 5.13. The van der Waals surface area contributed by atoms with E-state index in [1.807, 2.05) is 0 Å². The molecule has 1 aliphatic rings. The summed E-state index contributed by atoms with van der Waals surface area (Å²) in [7, 11) is 0. The number of hydrogen-bond donors (Lipinski definition) is 1. The summed E-state index contributed by atoms with van der Waals surface area (Å²) < 4.78 is 26.6. The first kappa shape index (κ1) is 10.5. The topological polar surface area (TPSA) is 15.3 Å². The molecule has 1 aromatic rings. The highest BCUT2D eigenvalue weighted by Crippen LogP contribution is 2.14. The Kier molecular flexibility index (Phi) is 3.28. The lowest BCUT2D eigenvalue weighted by Crippen LogP contribution is -2.43. The number of piperazine rings is 1. The summed E-state index contributed by atoms with van der Waals surface area (Å²) in [5.41, 5.74) is 0.180. The minimum absolute atomic E-state index is 0.180. The lowest BCUT2D eigenvalue weighted by molar-refractivity contribution is 0.227. The third-order valence-corrected chi connectivity index (χ3v) is 2.65. The van der Waals surface area contributed by atoms with Crippen LogP contribution in [0.1, 0.15) is 5.56 Å². The van der Waals surface area contributed by atoms with Gasteiger partial charge in [-0.1, -0.05) is 6.07 Å². The van der Waals surface area contributed by atoms with Crippen molar-refractivity contribution in [1.29, 1.82) is 0 Å². The van der Waals surface area contributed by atoms with Crippen LogP contribution in [0.5, 0.6) is 0 Å². The SMILES string of the molecule is Fc1cccc(F)c1CN1CCNCC1. The van der Waals surface area contributed by atoms with Gasteiger partial charge < -0.3 is 5.32 Å². The molecular formula is C11H14F2N2. The molecule has 2 rings (SSSR count). The van der Waals surface area contributed by atoms with Crippen LogP contribution in [0.3, 0.4) is 0 Å². The molecule has 2 nitrogen and oxygen atoms in total. The molecule has 15 heavy (non-hydrogen) atoms. The fraction of sp³-hybridized carbons (Fsp3) is 0.455. The van der Waals surface area contributed by atoms with Crippen LogP contribution >= 0.6 is 0 Å². The Morgan fingerprint density at radius 3 is 2.33 bits per heavy atom. The van der Waals surface area contributed by atoms with E-state index >= 15 is 0 Å². The number of rotatable bonds is 2. The summed E-state index contributed by atoms with van der Waals surface area (Å²) in [5.74, 6) is -0.901. The largest absolute Gasteiger partial charge is 0.314 e. The zero-order chi connectivity index (χ0) is 10.7. The fourth-order valence-corrected chi connectivity index (χ4v) is 1.78. The second-order valence-corrected chi connectivity index (χ2v) is 3.73. The lowest BCUT2D eigenvalue weighted by Gasteiger charge is -2.27. The van der Waals surface area contributed by atoms with Gasteiger partial charge in [0.05, 0.1) is 0 Å². The molecule has 0 radical (unpaired) electrons. The molecule has 4 heteroatoms. The minimum atomic E-state index is -0.450. The van der Waals surface area contributed by atoms with Crippen LogP contribution in [-0.4, -0.2) is 31.1 Å². The van der Waals surface area contributed by atoms with Crippen LogP contribution in [0.25, 0.3) is 0 Å². The van der Waals surface area contributed by atoms with Crippen molar-refractivity contribution in [1.82, 2.24) is 10.2 Å². The number of benzene rings is 1. The van der Waals surface area contributed by atoms with Gasteiger partial charge in [-0.15, -0.1) is 0 Å². The third-order valence-electron chi connectivity index (χ3n) is 2.65. The quantitative estimate of drug-likeness (QED) is 0.796. The van der Waals surface area contributed by atoms with Crippen molar-refractivity contribution in [2.24, 2.45) is 0 Å². The number of halogens is 2. The smallest absolute Gasteiger partial charge is 0.130 e. The molecule has 0 aromatic heterocycles. The molecule has 82 valence electrons. The molecule has 0 aliphatic carbocycles. The van der Waals surface area contributed by atoms with E-state index in [1.165, 1.54) is 18.2 Å². The minimum Gasteiger partial charge on any atom is -0.314 e. The van der Waals surface area contributed by atoms with Gasteiger partial charge in [-0.2, -0.15) is 0 Å². The molecule has 1 aliphatic heterocycles. The van der Waals surface area contributed by atoms with Crippen LogP contribution in [0.2, 0.25) is 0 Å². The molecule has 0 bridgehead atoms. The lowest BCUT2D eigenvalue weighted by atomic mass is 10.1. The van der Waals surface area contributed by atoms with Crippen LogP contribution in [-0.2, 0) is 6.54 Å². The van der Waals surface area contributed by atoms with Gasteiger partial charge >= 0.3 is 0 Å². The highest BCUT2D eigenvalue weighted by atomic mass is 19.1. The summed E-state index contributed by atoms with van der Waals surface area (Å²) in [5, 5.41) is 3.20. The number of nitrogens with one attached hydrogen (secondary N) is 1. The van der Waals surface area contributed by atoms with Gasteiger partial charge in [-0.05, 0) is 12.1 Å². The normalized spacial score (nSPS) is 18.0. The van der Waals surface area contributed by atoms with Gasteiger partial charge in [0, 0.05) is 38.3 Å². The summed E-state index contributed by atoms with van der Waals surface area (Å²) >= 11 is 0. The first-order chi connectivity index (χ1) is 7.27. The summed E-state index contributed by atoms with van der Waals surface area (Å²) in [6.45, 7) is 3.81. The maximum atomic E-state index is 13.3. The van der Waals surface area contributed by atoms with Crippen LogP contribution in [0.4, 0.5) is 8.78 Å². The zero-order valence-corrected chi connectivity index (χ0v) is 8.47. The van der Waals surface area contributed by atoms with E-state index in [-0.39, 0.29) is 5.56 Å². The van der Waals surface area contributed by atoms with Crippen molar-refractivity contribution in [3.63, 3.8) is 0 Å². The standard InChI is InChI=1S/C11H14F2N2/c12-10-2-1-3-11(13)9(10)8-15-6-4-14-5-7-15/h1-3,14H,4-8H2. The maximum absolute atomic E-state index is 13.3. The van der Waals surface area contributed by atoms with Crippen molar-refractivity contribution in [2.45, 2.75) is 6.54 Å². The summed E-state index contributed by atoms with van der Waals surface area (Å²) in [6, 6.07) is 4.01. The Morgan fingerprint density at radius 1 is 1.13 bits per heavy atom. The Morgan fingerprint density at radius 2 is 1.73 bits per heavy atom. The van der Waals surface area contributed by atoms with Gasteiger partial charge in [-0.3, -0.25) is 4.90 Å².